The molecule has 21 heavy (non-hydrogen) atoms. The molecule has 1 aromatic heterocycles. The number of nitro groups is 1. The van der Waals surface area contributed by atoms with Crippen molar-refractivity contribution in [2.75, 3.05) is 0 Å². The molecular formula is C12H13N5O4. The van der Waals surface area contributed by atoms with Crippen molar-refractivity contribution in [2.24, 2.45) is 0 Å². The summed E-state index contributed by atoms with van der Waals surface area (Å²) in [7, 11) is 0. The van der Waals surface area contributed by atoms with Gasteiger partial charge >= 0.3 is 5.97 Å². The van der Waals surface area contributed by atoms with Crippen LogP contribution in [-0.4, -0.2) is 36.2 Å². The standard InChI is InChI=1S/C12H13N5O4/c1-2-3-10(12(18)19)16-11(13-14-15-16)8-4-6-9(7-5-8)17(20)21/h4-7,10H,2-3H2,1H3,(H,18,19). The maximum atomic E-state index is 11.3. The van der Waals surface area contributed by atoms with Crippen LogP contribution in [-0.2, 0) is 4.79 Å². The average molecular weight is 291 g/mol. The minimum absolute atomic E-state index is 0.0545. The van der Waals surface area contributed by atoms with Crippen molar-refractivity contribution in [2.45, 2.75) is 25.8 Å². The van der Waals surface area contributed by atoms with E-state index in [9.17, 15) is 20.0 Å². The molecule has 0 aliphatic heterocycles. The molecule has 0 bridgehead atoms. The summed E-state index contributed by atoms with van der Waals surface area (Å²) in [4.78, 5) is 21.4. The van der Waals surface area contributed by atoms with Gasteiger partial charge in [0.25, 0.3) is 5.69 Å². The number of rotatable bonds is 6. The van der Waals surface area contributed by atoms with Crippen LogP contribution < -0.4 is 0 Å². The topological polar surface area (TPSA) is 124 Å². The van der Waals surface area contributed by atoms with Gasteiger partial charge < -0.3 is 5.11 Å². The summed E-state index contributed by atoms with van der Waals surface area (Å²) in [6, 6.07) is 4.76. The molecule has 1 heterocycles. The Labute approximate surface area is 119 Å². The fourth-order valence-electron chi connectivity index (χ4n) is 1.95. The number of hydrogen-bond donors (Lipinski definition) is 1. The zero-order valence-corrected chi connectivity index (χ0v) is 11.2. The smallest absolute Gasteiger partial charge is 0.328 e. The summed E-state index contributed by atoms with van der Waals surface area (Å²) in [5.74, 6) is -0.752. The predicted molar refractivity (Wildman–Crippen MR) is 71.5 cm³/mol. The monoisotopic (exact) mass is 291 g/mol. The highest BCUT2D eigenvalue weighted by Gasteiger charge is 2.24. The van der Waals surface area contributed by atoms with Gasteiger partial charge in [0, 0.05) is 17.7 Å². The summed E-state index contributed by atoms with van der Waals surface area (Å²) in [6.07, 6.45) is 1.05. The molecule has 0 saturated heterocycles. The molecule has 9 heteroatoms. The van der Waals surface area contributed by atoms with Crippen molar-refractivity contribution in [3.63, 3.8) is 0 Å². The molecule has 2 rings (SSSR count). The second-order valence-corrected chi connectivity index (χ2v) is 4.39. The Hall–Kier alpha value is -2.84. The van der Waals surface area contributed by atoms with Crippen molar-refractivity contribution < 1.29 is 14.8 Å². The van der Waals surface area contributed by atoms with Crippen molar-refractivity contribution >= 4 is 11.7 Å². The molecule has 0 aliphatic rings. The molecule has 110 valence electrons. The number of nitrogens with zero attached hydrogens (tertiary/aromatic N) is 5. The molecule has 1 atom stereocenters. The molecule has 0 spiro atoms. The van der Waals surface area contributed by atoms with Crippen molar-refractivity contribution in [1.29, 1.82) is 0 Å². The van der Waals surface area contributed by atoms with E-state index in [4.69, 9.17) is 0 Å². The van der Waals surface area contributed by atoms with Gasteiger partial charge in [0.15, 0.2) is 11.9 Å². The predicted octanol–water partition coefficient (Wildman–Crippen LogP) is 1.67. The Morgan fingerprint density at radius 3 is 2.62 bits per heavy atom. The van der Waals surface area contributed by atoms with E-state index in [-0.39, 0.29) is 11.5 Å². The lowest BCUT2D eigenvalue weighted by Crippen LogP contribution is -2.21. The average Bonchev–Trinajstić information content (AvgIpc) is 2.93. The summed E-state index contributed by atoms with van der Waals surface area (Å²) in [5, 5.41) is 30.9. The summed E-state index contributed by atoms with van der Waals surface area (Å²) in [6.45, 7) is 1.87. The highest BCUT2D eigenvalue weighted by Crippen LogP contribution is 2.24. The minimum Gasteiger partial charge on any atom is -0.480 e. The van der Waals surface area contributed by atoms with Gasteiger partial charge in [-0.05, 0) is 29.0 Å². The van der Waals surface area contributed by atoms with Crippen LogP contribution in [0.1, 0.15) is 25.8 Å². The van der Waals surface area contributed by atoms with Gasteiger partial charge in [-0.1, -0.05) is 13.3 Å². The molecule has 1 N–H and O–H groups in total. The van der Waals surface area contributed by atoms with Crippen LogP contribution in [0, 0.1) is 10.1 Å². The third-order valence-corrected chi connectivity index (χ3v) is 2.97. The number of hydrogen-bond acceptors (Lipinski definition) is 6. The van der Waals surface area contributed by atoms with Crippen LogP contribution in [0.25, 0.3) is 11.4 Å². The number of carbonyl (C=O) groups is 1. The molecule has 0 amide bonds. The number of carboxylic acids is 1. The van der Waals surface area contributed by atoms with Crippen LogP contribution in [0.3, 0.4) is 0 Å². The van der Waals surface area contributed by atoms with Crippen LogP contribution in [0.15, 0.2) is 24.3 Å². The molecule has 0 saturated carbocycles. The van der Waals surface area contributed by atoms with E-state index in [0.717, 1.165) is 0 Å². The quantitative estimate of drug-likeness (QED) is 0.634. The first-order valence-electron chi connectivity index (χ1n) is 6.30. The first-order chi connectivity index (χ1) is 10.0. The van der Waals surface area contributed by atoms with Gasteiger partial charge in [-0.3, -0.25) is 10.1 Å². The van der Waals surface area contributed by atoms with Gasteiger partial charge in [-0.15, -0.1) is 5.10 Å². The number of aliphatic carboxylic acids is 1. The number of tetrazole rings is 1. The number of non-ortho nitro benzene ring substituents is 1. The third-order valence-electron chi connectivity index (χ3n) is 2.97. The van der Waals surface area contributed by atoms with Gasteiger partial charge in [0.2, 0.25) is 0 Å². The van der Waals surface area contributed by atoms with Crippen molar-refractivity contribution in [1.82, 2.24) is 20.2 Å². The number of benzene rings is 1. The van der Waals surface area contributed by atoms with Crippen molar-refractivity contribution in [3.05, 3.63) is 34.4 Å². The van der Waals surface area contributed by atoms with E-state index < -0.39 is 16.9 Å². The molecule has 0 radical (unpaired) electrons. The van der Waals surface area contributed by atoms with Gasteiger partial charge in [-0.2, -0.15) is 0 Å². The molecule has 0 aliphatic carbocycles. The fraction of sp³-hybridized carbons (Fsp3) is 0.333. The van der Waals surface area contributed by atoms with Crippen LogP contribution >= 0.6 is 0 Å². The Balaban J connectivity index is 2.39. The van der Waals surface area contributed by atoms with E-state index in [1.807, 2.05) is 6.92 Å². The molecule has 1 aromatic carbocycles. The number of carboxylic acid groups (broad SMARTS) is 1. The van der Waals surface area contributed by atoms with Crippen LogP contribution in [0.4, 0.5) is 5.69 Å². The van der Waals surface area contributed by atoms with Gasteiger partial charge in [0.05, 0.1) is 4.92 Å². The Kier molecular flexibility index (Phi) is 4.21. The van der Waals surface area contributed by atoms with E-state index >= 15 is 0 Å². The minimum atomic E-state index is -1.02. The van der Waals surface area contributed by atoms with Crippen LogP contribution in [0.2, 0.25) is 0 Å². The summed E-state index contributed by atoms with van der Waals surface area (Å²) >= 11 is 0. The maximum absolute atomic E-state index is 11.3. The lowest BCUT2D eigenvalue weighted by atomic mass is 10.1. The second-order valence-electron chi connectivity index (χ2n) is 4.39. The first-order valence-corrected chi connectivity index (χ1v) is 6.30. The van der Waals surface area contributed by atoms with E-state index in [1.165, 1.54) is 28.9 Å². The van der Waals surface area contributed by atoms with Gasteiger partial charge in [0.1, 0.15) is 0 Å². The summed E-state index contributed by atoms with van der Waals surface area (Å²) in [5.41, 5.74) is 0.467. The number of aromatic nitrogens is 4. The highest BCUT2D eigenvalue weighted by atomic mass is 16.6. The maximum Gasteiger partial charge on any atom is 0.328 e. The second kappa shape index (κ2) is 6.07. The molecule has 1 unspecified atom stereocenters. The molecule has 9 nitrogen and oxygen atoms in total. The molecular weight excluding hydrogens is 278 g/mol. The Morgan fingerprint density at radius 2 is 2.10 bits per heavy atom. The third kappa shape index (κ3) is 3.02. The van der Waals surface area contributed by atoms with E-state index in [2.05, 4.69) is 15.5 Å². The zero-order chi connectivity index (χ0) is 15.4. The molecule has 2 aromatic rings. The van der Waals surface area contributed by atoms with E-state index in [0.29, 0.717) is 18.4 Å². The lowest BCUT2D eigenvalue weighted by Gasteiger charge is -2.12. The van der Waals surface area contributed by atoms with Gasteiger partial charge in [-0.25, -0.2) is 9.48 Å². The normalized spacial score (nSPS) is 12.0. The number of nitro benzene ring substituents is 1. The zero-order valence-electron chi connectivity index (χ0n) is 11.2. The van der Waals surface area contributed by atoms with Crippen molar-refractivity contribution in [3.8, 4) is 11.4 Å². The van der Waals surface area contributed by atoms with E-state index in [1.54, 1.807) is 0 Å². The first kappa shape index (κ1) is 14.6. The molecule has 0 fully saturated rings. The largest absolute Gasteiger partial charge is 0.480 e. The van der Waals surface area contributed by atoms with Crippen LogP contribution in [0.5, 0.6) is 0 Å². The Bertz CT molecular complexity index is 652. The fourth-order valence-corrected chi connectivity index (χ4v) is 1.95. The Morgan fingerprint density at radius 1 is 1.43 bits per heavy atom. The SMILES string of the molecule is CCCC(C(=O)O)n1nnnc1-c1ccc([N+](=O)[O-])cc1. The lowest BCUT2D eigenvalue weighted by molar-refractivity contribution is -0.384. The highest BCUT2D eigenvalue weighted by molar-refractivity contribution is 5.72. The summed E-state index contributed by atoms with van der Waals surface area (Å²) < 4.78 is 1.23.